The standard InChI is InChI=1S/C11H14N2OS2/c1-2-9-11(16-4-3-15-9)10(14)8-5-12-7-13-6-8/h5-7,9,11H,2-4H2,1H3. The summed E-state index contributed by atoms with van der Waals surface area (Å²) in [7, 11) is 0. The van der Waals surface area contributed by atoms with E-state index >= 15 is 0 Å². The van der Waals surface area contributed by atoms with E-state index in [1.54, 1.807) is 24.2 Å². The van der Waals surface area contributed by atoms with Gasteiger partial charge in [0.25, 0.3) is 0 Å². The topological polar surface area (TPSA) is 42.9 Å². The maximum atomic E-state index is 12.3. The molecule has 0 spiro atoms. The van der Waals surface area contributed by atoms with Crippen molar-refractivity contribution < 1.29 is 4.79 Å². The molecule has 2 heterocycles. The van der Waals surface area contributed by atoms with Crippen LogP contribution in [0.4, 0.5) is 0 Å². The van der Waals surface area contributed by atoms with Crippen LogP contribution in [0.2, 0.25) is 0 Å². The van der Waals surface area contributed by atoms with Crippen molar-refractivity contribution in [3.8, 4) is 0 Å². The predicted octanol–water partition coefficient (Wildman–Crippen LogP) is 2.29. The van der Waals surface area contributed by atoms with Gasteiger partial charge in [-0.25, -0.2) is 9.97 Å². The van der Waals surface area contributed by atoms with Crippen LogP contribution in [0, 0.1) is 0 Å². The minimum Gasteiger partial charge on any atom is -0.293 e. The lowest BCUT2D eigenvalue weighted by Gasteiger charge is -2.28. The molecule has 86 valence electrons. The van der Waals surface area contributed by atoms with E-state index in [-0.39, 0.29) is 11.0 Å². The molecule has 5 heteroatoms. The van der Waals surface area contributed by atoms with Gasteiger partial charge < -0.3 is 0 Å². The fraction of sp³-hybridized carbons (Fsp3) is 0.545. The maximum absolute atomic E-state index is 12.3. The average molecular weight is 254 g/mol. The first-order valence-corrected chi connectivity index (χ1v) is 7.45. The first-order valence-electron chi connectivity index (χ1n) is 5.35. The number of carbonyl (C=O) groups is 1. The van der Waals surface area contributed by atoms with E-state index in [1.165, 1.54) is 6.33 Å². The Morgan fingerprint density at radius 1 is 1.38 bits per heavy atom. The molecule has 0 aromatic carbocycles. The Hall–Kier alpha value is -0.550. The normalized spacial score (nSPS) is 25.3. The van der Waals surface area contributed by atoms with Crippen LogP contribution >= 0.6 is 23.5 Å². The second kappa shape index (κ2) is 5.68. The van der Waals surface area contributed by atoms with Gasteiger partial charge in [0.15, 0.2) is 5.78 Å². The molecule has 16 heavy (non-hydrogen) atoms. The summed E-state index contributed by atoms with van der Waals surface area (Å²) in [5.74, 6) is 2.40. The third-order valence-electron chi connectivity index (χ3n) is 2.56. The fourth-order valence-electron chi connectivity index (χ4n) is 1.74. The number of thioether (sulfide) groups is 2. The number of carbonyl (C=O) groups excluding carboxylic acids is 1. The van der Waals surface area contributed by atoms with Gasteiger partial charge in [0, 0.05) is 29.1 Å². The Kier molecular flexibility index (Phi) is 4.23. The molecule has 0 bridgehead atoms. The summed E-state index contributed by atoms with van der Waals surface area (Å²) >= 11 is 3.68. The number of hydrogen-bond acceptors (Lipinski definition) is 5. The van der Waals surface area contributed by atoms with E-state index in [9.17, 15) is 4.79 Å². The molecule has 0 radical (unpaired) electrons. The molecule has 1 aliphatic heterocycles. The second-order valence-corrected chi connectivity index (χ2v) is 6.20. The SMILES string of the molecule is CCC1SCCSC1C(=O)c1cncnc1. The van der Waals surface area contributed by atoms with Crippen LogP contribution < -0.4 is 0 Å². The molecule has 2 atom stereocenters. The van der Waals surface area contributed by atoms with Crippen molar-refractivity contribution >= 4 is 29.3 Å². The van der Waals surface area contributed by atoms with Crippen molar-refractivity contribution in [3.63, 3.8) is 0 Å². The quantitative estimate of drug-likeness (QED) is 0.774. The van der Waals surface area contributed by atoms with Crippen molar-refractivity contribution in [1.29, 1.82) is 0 Å². The van der Waals surface area contributed by atoms with Gasteiger partial charge in [-0.2, -0.15) is 11.8 Å². The third kappa shape index (κ3) is 2.58. The van der Waals surface area contributed by atoms with E-state index in [2.05, 4.69) is 16.9 Å². The summed E-state index contributed by atoms with van der Waals surface area (Å²) in [6.07, 6.45) is 5.72. The maximum Gasteiger partial charge on any atom is 0.180 e. The molecule has 0 aliphatic carbocycles. The molecule has 1 aromatic heterocycles. The van der Waals surface area contributed by atoms with E-state index < -0.39 is 0 Å². The second-order valence-electron chi connectivity index (χ2n) is 3.60. The van der Waals surface area contributed by atoms with Crippen LogP contribution in [0.25, 0.3) is 0 Å². The lowest BCUT2D eigenvalue weighted by Crippen LogP contribution is -2.32. The molecule has 3 nitrogen and oxygen atoms in total. The monoisotopic (exact) mass is 254 g/mol. The Morgan fingerprint density at radius 3 is 2.75 bits per heavy atom. The lowest BCUT2D eigenvalue weighted by atomic mass is 10.1. The van der Waals surface area contributed by atoms with Gasteiger partial charge in [-0.3, -0.25) is 4.79 Å². The van der Waals surface area contributed by atoms with Crippen LogP contribution in [0.1, 0.15) is 23.7 Å². The number of Topliss-reactive ketones (excluding diaryl/α,β-unsaturated/α-hetero) is 1. The molecule has 2 rings (SSSR count). The van der Waals surface area contributed by atoms with Gasteiger partial charge in [0.1, 0.15) is 6.33 Å². The predicted molar refractivity (Wildman–Crippen MR) is 69.1 cm³/mol. The Balaban J connectivity index is 2.14. The number of ketones is 1. The lowest BCUT2D eigenvalue weighted by molar-refractivity contribution is 0.0987. The van der Waals surface area contributed by atoms with Crippen molar-refractivity contribution in [3.05, 3.63) is 24.3 Å². The zero-order valence-electron chi connectivity index (χ0n) is 9.13. The van der Waals surface area contributed by atoms with E-state index in [1.807, 2.05) is 11.8 Å². The highest BCUT2D eigenvalue weighted by Gasteiger charge is 2.31. The van der Waals surface area contributed by atoms with Crippen LogP contribution in [0.3, 0.4) is 0 Å². The summed E-state index contributed by atoms with van der Waals surface area (Å²) in [5, 5.41) is 0.515. The van der Waals surface area contributed by atoms with Gasteiger partial charge in [0.05, 0.1) is 10.8 Å². The summed E-state index contributed by atoms with van der Waals surface area (Å²) in [4.78, 5) is 20.1. The highest BCUT2D eigenvalue weighted by molar-refractivity contribution is 8.07. The van der Waals surface area contributed by atoms with Crippen LogP contribution in [0.15, 0.2) is 18.7 Å². The third-order valence-corrected chi connectivity index (χ3v) is 5.80. The Bertz CT molecular complexity index is 358. The van der Waals surface area contributed by atoms with Crippen LogP contribution in [0.5, 0.6) is 0 Å². The average Bonchev–Trinajstić information content (AvgIpc) is 2.39. The van der Waals surface area contributed by atoms with Crippen LogP contribution in [-0.4, -0.2) is 37.8 Å². The molecular formula is C11H14N2OS2. The molecule has 1 fully saturated rings. The summed E-state index contributed by atoms with van der Waals surface area (Å²) < 4.78 is 0. The summed E-state index contributed by atoms with van der Waals surface area (Å²) in [6.45, 7) is 2.14. The first-order chi connectivity index (χ1) is 7.83. The molecule has 0 N–H and O–H groups in total. The number of aromatic nitrogens is 2. The van der Waals surface area contributed by atoms with E-state index in [0.717, 1.165) is 17.9 Å². The smallest absolute Gasteiger partial charge is 0.180 e. The highest BCUT2D eigenvalue weighted by Crippen LogP contribution is 2.34. The number of nitrogens with zero attached hydrogens (tertiary/aromatic N) is 2. The van der Waals surface area contributed by atoms with Crippen molar-refractivity contribution in [1.82, 2.24) is 9.97 Å². The highest BCUT2D eigenvalue weighted by atomic mass is 32.2. The first kappa shape index (κ1) is 11.9. The minimum atomic E-state index is 0.0785. The van der Waals surface area contributed by atoms with Gasteiger partial charge in [-0.1, -0.05) is 6.92 Å². The minimum absolute atomic E-state index is 0.0785. The molecule has 0 saturated carbocycles. The summed E-state index contributed by atoms with van der Waals surface area (Å²) in [5.41, 5.74) is 0.640. The molecule has 0 amide bonds. The molecule has 1 aliphatic rings. The van der Waals surface area contributed by atoms with Gasteiger partial charge in [-0.15, -0.1) is 11.8 Å². The number of rotatable bonds is 3. The van der Waals surface area contributed by atoms with Gasteiger partial charge in [-0.05, 0) is 6.42 Å². The van der Waals surface area contributed by atoms with E-state index in [0.29, 0.717) is 10.8 Å². The molecule has 1 saturated heterocycles. The Morgan fingerprint density at radius 2 is 2.06 bits per heavy atom. The zero-order chi connectivity index (χ0) is 11.4. The largest absolute Gasteiger partial charge is 0.293 e. The molecular weight excluding hydrogens is 240 g/mol. The zero-order valence-corrected chi connectivity index (χ0v) is 10.8. The van der Waals surface area contributed by atoms with Crippen molar-refractivity contribution in [2.24, 2.45) is 0 Å². The molecule has 2 unspecified atom stereocenters. The number of hydrogen-bond donors (Lipinski definition) is 0. The van der Waals surface area contributed by atoms with Crippen LogP contribution in [-0.2, 0) is 0 Å². The fourth-order valence-corrected chi connectivity index (χ4v) is 4.76. The molecule has 1 aromatic rings. The van der Waals surface area contributed by atoms with Crippen molar-refractivity contribution in [2.75, 3.05) is 11.5 Å². The Labute approximate surface area is 104 Å². The van der Waals surface area contributed by atoms with Gasteiger partial charge >= 0.3 is 0 Å². The van der Waals surface area contributed by atoms with Crippen molar-refractivity contribution in [2.45, 2.75) is 23.8 Å². The van der Waals surface area contributed by atoms with Gasteiger partial charge in [0.2, 0.25) is 0 Å². The van der Waals surface area contributed by atoms with E-state index in [4.69, 9.17) is 0 Å². The summed E-state index contributed by atoms with van der Waals surface area (Å²) in [6, 6.07) is 0.